The lowest BCUT2D eigenvalue weighted by Crippen LogP contribution is -2.66. The highest BCUT2D eigenvalue weighted by Crippen LogP contribution is 2.55. The van der Waals surface area contributed by atoms with Crippen LogP contribution in [0.4, 0.5) is 5.69 Å². The number of carbonyl (C=O) groups excluding carboxylic acids is 1. The summed E-state index contributed by atoms with van der Waals surface area (Å²) >= 11 is 0. The minimum absolute atomic E-state index is 0.137. The summed E-state index contributed by atoms with van der Waals surface area (Å²) in [5.41, 5.74) is 6.86. The molecule has 146 valence electrons. The highest BCUT2D eigenvalue weighted by Gasteiger charge is 2.59. The number of nitrogens with zero attached hydrogens (tertiary/aromatic N) is 1. The van der Waals surface area contributed by atoms with Crippen molar-refractivity contribution in [2.45, 2.75) is 38.7 Å². The van der Waals surface area contributed by atoms with E-state index in [9.17, 15) is 4.79 Å². The normalized spacial score (nSPS) is 33.1. The Morgan fingerprint density at radius 2 is 2.15 bits per heavy atom. The number of benzene rings is 1. The monoisotopic (exact) mass is 370 g/mol. The summed E-state index contributed by atoms with van der Waals surface area (Å²) < 4.78 is 12.3. The first-order valence-corrected chi connectivity index (χ1v) is 10.1. The quantitative estimate of drug-likeness (QED) is 0.501. The van der Waals surface area contributed by atoms with E-state index >= 15 is 0 Å². The average molecular weight is 370 g/mol. The van der Waals surface area contributed by atoms with Crippen LogP contribution in [0.3, 0.4) is 0 Å². The summed E-state index contributed by atoms with van der Waals surface area (Å²) in [6, 6.07) is 7.11. The van der Waals surface area contributed by atoms with E-state index in [0.717, 1.165) is 38.9 Å². The Morgan fingerprint density at radius 1 is 1.30 bits per heavy atom. The van der Waals surface area contributed by atoms with E-state index in [-0.39, 0.29) is 22.9 Å². The molecule has 1 aromatic carbocycles. The van der Waals surface area contributed by atoms with E-state index in [0.29, 0.717) is 24.5 Å². The van der Waals surface area contributed by atoms with Crippen molar-refractivity contribution >= 4 is 11.7 Å². The van der Waals surface area contributed by atoms with Gasteiger partial charge in [0.1, 0.15) is 6.61 Å². The van der Waals surface area contributed by atoms with E-state index in [1.165, 1.54) is 6.42 Å². The van der Waals surface area contributed by atoms with Crippen molar-refractivity contribution in [3.05, 3.63) is 42.0 Å². The molecule has 0 aromatic heterocycles. The third-order valence-corrected chi connectivity index (χ3v) is 6.71. The third-order valence-electron chi connectivity index (χ3n) is 6.71. The summed E-state index contributed by atoms with van der Waals surface area (Å²) in [5.74, 6) is -0.334. The number of rotatable bonds is 4. The number of allylic oxidation sites excluding steroid dienone is 1. The van der Waals surface area contributed by atoms with Gasteiger partial charge in [0, 0.05) is 29.6 Å². The predicted molar refractivity (Wildman–Crippen MR) is 105 cm³/mol. The maximum atomic E-state index is 12.7. The van der Waals surface area contributed by atoms with Gasteiger partial charge in [0.2, 0.25) is 0 Å². The molecule has 5 heteroatoms. The highest BCUT2D eigenvalue weighted by atomic mass is 16.5. The van der Waals surface area contributed by atoms with Crippen molar-refractivity contribution in [3.63, 3.8) is 0 Å². The van der Waals surface area contributed by atoms with Gasteiger partial charge in [-0.2, -0.15) is 0 Å². The number of para-hydroxylation sites is 1. The molecule has 2 aliphatic heterocycles. The van der Waals surface area contributed by atoms with Crippen molar-refractivity contribution in [1.29, 1.82) is 0 Å². The molecule has 2 bridgehead atoms. The second kappa shape index (κ2) is 7.28. The van der Waals surface area contributed by atoms with Crippen molar-refractivity contribution < 1.29 is 14.3 Å². The molecule has 0 spiro atoms. The number of nitrogen functional groups attached to an aromatic ring is 1. The molecule has 27 heavy (non-hydrogen) atoms. The number of esters is 1. The number of anilines is 1. The number of nitrogens with two attached hydrogens (primary N) is 1. The van der Waals surface area contributed by atoms with Crippen molar-refractivity contribution in [2.75, 3.05) is 38.6 Å². The minimum atomic E-state index is -0.334. The molecule has 1 saturated heterocycles. The smallest absolute Gasteiger partial charge is 0.340 e. The maximum Gasteiger partial charge on any atom is 0.340 e. The van der Waals surface area contributed by atoms with Crippen LogP contribution in [0.15, 0.2) is 36.4 Å². The lowest BCUT2D eigenvalue weighted by molar-refractivity contribution is -0.197. The fourth-order valence-corrected chi connectivity index (χ4v) is 5.53. The number of hydrogen-bond donors (Lipinski definition) is 1. The van der Waals surface area contributed by atoms with Gasteiger partial charge in [-0.1, -0.05) is 37.6 Å². The second-order valence-electron chi connectivity index (χ2n) is 8.43. The first kappa shape index (κ1) is 18.5. The number of likely N-dealkylation sites (tertiary alicyclic amines) is 1. The number of piperidine rings is 1. The Kier molecular flexibility index (Phi) is 4.99. The van der Waals surface area contributed by atoms with Crippen LogP contribution in [0, 0.1) is 10.8 Å². The molecule has 0 unspecified atom stereocenters. The molecule has 3 atom stereocenters. The molecule has 0 amide bonds. The van der Waals surface area contributed by atoms with Crippen LogP contribution in [0.25, 0.3) is 0 Å². The van der Waals surface area contributed by atoms with E-state index in [1.807, 2.05) is 12.1 Å². The summed E-state index contributed by atoms with van der Waals surface area (Å²) in [4.78, 5) is 15.2. The Balaban J connectivity index is 1.59. The number of ether oxygens (including phenoxy) is 2. The Labute approximate surface area is 161 Å². The molecule has 1 saturated carbocycles. The first-order chi connectivity index (χ1) is 13.1. The van der Waals surface area contributed by atoms with E-state index in [1.54, 1.807) is 12.1 Å². The topological polar surface area (TPSA) is 64.8 Å². The van der Waals surface area contributed by atoms with Crippen molar-refractivity contribution in [3.8, 4) is 0 Å². The zero-order valence-electron chi connectivity index (χ0n) is 16.2. The SMILES string of the molecule is CCN1C[C@]23CC=CCO[C@@H]2[C@@](COC(=O)c2ccccc2N)(CCC3)C1. The van der Waals surface area contributed by atoms with Gasteiger partial charge in [0.05, 0.1) is 18.3 Å². The highest BCUT2D eigenvalue weighted by molar-refractivity contribution is 5.94. The third kappa shape index (κ3) is 3.27. The summed E-state index contributed by atoms with van der Waals surface area (Å²) in [5, 5.41) is 0. The van der Waals surface area contributed by atoms with Crippen LogP contribution >= 0.6 is 0 Å². The zero-order valence-corrected chi connectivity index (χ0v) is 16.2. The van der Waals surface area contributed by atoms with Crippen LogP contribution in [0.1, 0.15) is 43.0 Å². The van der Waals surface area contributed by atoms with Gasteiger partial charge in [0.15, 0.2) is 0 Å². The van der Waals surface area contributed by atoms with Crippen LogP contribution in [-0.2, 0) is 9.47 Å². The van der Waals surface area contributed by atoms with Gasteiger partial charge in [-0.25, -0.2) is 4.79 Å². The Bertz CT molecular complexity index is 734. The van der Waals surface area contributed by atoms with Crippen LogP contribution in [0.5, 0.6) is 0 Å². The lowest BCUT2D eigenvalue weighted by Gasteiger charge is -2.60. The molecule has 3 aliphatic rings. The van der Waals surface area contributed by atoms with E-state index in [2.05, 4.69) is 24.0 Å². The van der Waals surface area contributed by atoms with Crippen LogP contribution in [-0.4, -0.2) is 49.8 Å². The standard InChI is InChI=1S/C22H30N2O3/c1-2-24-14-21-10-5-6-13-26-20(21)22(15-24,12-7-11-21)16-27-19(25)17-8-3-4-9-18(17)23/h3-6,8-9,20H,2,7,10-16,23H2,1H3/t20-,21+,22-/m0/s1. The fraction of sp³-hybridized carbons (Fsp3) is 0.591. The maximum absolute atomic E-state index is 12.7. The van der Waals surface area contributed by atoms with Crippen molar-refractivity contribution in [1.82, 2.24) is 4.90 Å². The second-order valence-corrected chi connectivity index (χ2v) is 8.43. The molecule has 5 nitrogen and oxygen atoms in total. The van der Waals surface area contributed by atoms with Crippen LogP contribution in [0.2, 0.25) is 0 Å². The van der Waals surface area contributed by atoms with Crippen LogP contribution < -0.4 is 5.73 Å². The Hall–Kier alpha value is -1.85. The first-order valence-electron chi connectivity index (χ1n) is 10.1. The summed E-state index contributed by atoms with van der Waals surface area (Å²) in [6.07, 6.45) is 8.99. The molecule has 2 N–H and O–H groups in total. The fourth-order valence-electron chi connectivity index (χ4n) is 5.53. The molecular formula is C22H30N2O3. The van der Waals surface area contributed by atoms with Gasteiger partial charge in [-0.3, -0.25) is 0 Å². The van der Waals surface area contributed by atoms with Gasteiger partial charge < -0.3 is 20.1 Å². The van der Waals surface area contributed by atoms with E-state index < -0.39 is 0 Å². The minimum Gasteiger partial charge on any atom is -0.461 e. The molecule has 2 heterocycles. The largest absolute Gasteiger partial charge is 0.461 e. The Morgan fingerprint density at radius 3 is 2.96 bits per heavy atom. The summed E-state index contributed by atoms with van der Waals surface area (Å²) in [7, 11) is 0. The zero-order chi connectivity index (χ0) is 18.9. The molecule has 2 fully saturated rings. The molecule has 4 rings (SSSR count). The number of hydrogen-bond acceptors (Lipinski definition) is 5. The molecule has 0 radical (unpaired) electrons. The number of carbonyl (C=O) groups is 1. The van der Waals surface area contributed by atoms with Gasteiger partial charge in [0.25, 0.3) is 0 Å². The van der Waals surface area contributed by atoms with Crippen molar-refractivity contribution in [2.24, 2.45) is 10.8 Å². The van der Waals surface area contributed by atoms with E-state index in [4.69, 9.17) is 15.2 Å². The van der Waals surface area contributed by atoms with Gasteiger partial charge >= 0.3 is 5.97 Å². The summed E-state index contributed by atoms with van der Waals surface area (Å²) in [6.45, 7) is 6.26. The molecule has 1 aliphatic carbocycles. The molecule has 1 aromatic rings. The predicted octanol–water partition coefficient (Wildman–Crippen LogP) is 3.26. The average Bonchev–Trinajstić information content (AvgIpc) is 2.89. The lowest BCUT2D eigenvalue weighted by atomic mass is 9.56. The van der Waals surface area contributed by atoms with Gasteiger partial charge in [-0.15, -0.1) is 0 Å². The molecular weight excluding hydrogens is 340 g/mol. The van der Waals surface area contributed by atoms with Gasteiger partial charge in [-0.05, 0) is 37.9 Å².